The number of carbonyl (C=O) groups is 1. The van der Waals surface area contributed by atoms with E-state index in [1.54, 1.807) is 11.8 Å². The van der Waals surface area contributed by atoms with Crippen molar-refractivity contribution in [2.24, 2.45) is 5.92 Å². The molecule has 1 aromatic heterocycles. The van der Waals surface area contributed by atoms with Gasteiger partial charge in [-0.25, -0.2) is 4.79 Å². The number of carbonyl (C=O) groups excluding carboxylic acids is 1. The van der Waals surface area contributed by atoms with E-state index in [2.05, 4.69) is 15.5 Å². The van der Waals surface area contributed by atoms with Crippen molar-refractivity contribution in [3.63, 3.8) is 0 Å². The second-order valence-electron chi connectivity index (χ2n) is 6.44. The number of hydrogen-bond acceptors (Lipinski definition) is 4. The average Bonchev–Trinajstić information content (AvgIpc) is 2.97. The highest BCUT2D eigenvalue weighted by molar-refractivity contribution is 6.30. The molecule has 7 heteroatoms. The third kappa shape index (κ3) is 3.53. The minimum Gasteiger partial charge on any atom is -0.337 e. The average molecular weight is 349 g/mol. The molecular weight excluding hydrogens is 328 g/mol. The smallest absolute Gasteiger partial charge is 0.318 e. The predicted molar refractivity (Wildman–Crippen MR) is 90.7 cm³/mol. The highest BCUT2D eigenvalue weighted by Gasteiger charge is 2.28. The van der Waals surface area contributed by atoms with Crippen LogP contribution in [-0.4, -0.2) is 27.6 Å². The van der Waals surface area contributed by atoms with E-state index in [1.165, 1.54) is 5.56 Å². The van der Waals surface area contributed by atoms with Gasteiger partial charge in [-0.1, -0.05) is 36.7 Å². The second kappa shape index (κ2) is 6.81. The highest BCUT2D eigenvalue weighted by atomic mass is 35.5. The van der Waals surface area contributed by atoms with E-state index in [1.807, 2.05) is 32.0 Å². The van der Waals surface area contributed by atoms with E-state index in [4.69, 9.17) is 16.1 Å². The Morgan fingerprint density at radius 3 is 2.83 bits per heavy atom. The van der Waals surface area contributed by atoms with E-state index >= 15 is 0 Å². The van der Waals surface area contributed by atoms with Crippen LogP contribution in [0.25, 0.3) is 0 Å². The van der Waals surface area contributed by atoms with Gasteiger partial charge in [0.1, 0.15) is 6.04 Å². The van der Waals surface area contributed by atoms with E-state index < -0.39 is 0 Å². The molecule has 0 aliphatic carbocycles. The van der Waals surface area contributed by atoms with Crippen molar-refractivity contribution in [3.8, 4) is 0 Å². The summed E-state index contributed by atoms with van der Waals surface area (Å²) in [5.74, 6) is 1.15. The van der Waals surface area contributed by atoms with Crippen LogP contribution >= 0.6 is 11.6 Å². The first-order valence-electron chi connectivity index (χ1n) is 8.07. The van der Waals surface area contributed by atoms with Gasteiger partial charge in [-0.2, -0.15) is 4.98 Å². The first kappa shape index (κ1) is 16.8. The van der Waals surface area contributed by atoms with Crippen LogP contribution in [0.3, 0.4) is 0 Å². The van der Waals surface area contributed by atoms with Gasteiger partial charge in [0.2, 0.25) is 5.89 Å². The third-order valence-corrected chi connectivity index (χ3v) is 4.46. The van der Waals surface area contributed by atoms with Crippen LogP contribution in [0, 0.1) is 12.8 Å². The van der Waals surface area contributed by atoms with Gasteiger partial charge in [-0.3, -0.25) is 0 Å². The number of amides is 2. The zero-order valence-corrected chi connectivity index (χ0v) is 14.8. The highest BCUT2D eigenvalue weighted by Crippen LogP contribution is 2.24. The summed E-state index contributed by atoms with van der Waals surface area (Å²) in [6, 6.07) is 5.40. The maximum Gasteiger partial charge on any atom is 0.318 e. The number of nitrogens with one attached hydrogen (secondary N) is 1. The summed E-state index contributed by atoms with van der Waals surface area (Å²) in [6.45, 7) is 7.02. The van der Waals surface area contributed by atoms with Crippen molar-refractivity contribution >= 4 is 17.6 Å². The Bertz CT molecular complexity index is 744. The molecule has 0 radical (unpaired) electrons. The molecule has 0 unspecified atom stereocenters. The van der Waals surface area contributed by atoms with E-state index in [-0.39, 0.29) is 18.0 Å². The van der Waals surface area contributed by atoms with Gasteiger partial charge in [0.05, 0.1) is 0 Å². The van der Waals surface area contributed by atoms with E-state index in [0.717, 1.165) is 17.0 Å². The number of rotatable bonds is 3. The molecule has 0 saturated heterocycles. The Labute approximate surface area is 146 Å². The number of halogens is 1. The van der Waals surface area contributed by atoms with Crippen LogP contribution in [0.5, 0.6) is 0 Å². The number of benzene rings is 1. The largest absolute Gasteiger partial charge is 0.337 e. The van der Waals surface area contributed by atoms with Crippen LogP contribution in [0.4, 0.5) is 4.79 Å². The van der Waals surface area contributed by atoms with Crippen molar-refractivity contribution < 1.29 is 9.32 Å². The van der Waals surface area contributed by atoms with Crippen LogP contribution in [0.1, 0.15) is 42.7 Å². The van der Waals surface area contributed by atoms with Crippen molar-refractivity contribution in [1.82, 2.24) is 20.4 Å². The van der Waals surface area contributed by atoms with Crippen molar-refractivity contribution in [3.05, 3.63) is 46.1 Å². The Kier molecular flexibility index (Phi) is 4.76. The monoisotopic (exact) mass is 348 g/mol. The molecular formula is C17H21ClN4O2. The molecule has 6 nitrogen and oxygen atoms in total. The fourth-order valence-corrected chi connectivity index (χ4v) is 3.07. The van der Waals surface area contributed by atoms with Gasteiger partial charge in [0.15, 0.2) is 5.82 Å². The van der Waals surface area contributed by atoms with Crippen molar-refractivity contribution in [1.29, 1.82) is 0 Å². The zero-order valence-electron chi connectivity index (χ0n) is 14.0. The topological polar surface area (TPSA) is 71.3 Å². The molecule has 1 N–H and O–H groups in total. The summed E-state index contributed by atoms with van der Waals surface area (Å²) in [5, 5.41) is 7.57. The van der Waals surface area contributed by atoms with Crippen LogP contribution < -0.4 is 5.32 Å². The third-order valence-electron chi connectivity index (χ3n) is 4.22. The van der Waals surface area contributed by atoms with Crippen LogP contribution in [0.15, 0.2) is 22.7 Å². The van der Waals surface area contributed by atoms with E-state index in [0.29, 0.717) is 24.8 Å². The molecule has 2 heterocycles. The molecule has 0 fully saturated rings. The Hall–Kier alpha value is -2.08. The number of fused-ring (bicyclic) bond motifs is 1. The predicted octanol–water partition coefficient (Wildman–Crippen LogP) is 3.50. The zero-order chi connectivity index (χ0) is 17.3. The van der Waals surface area contributed by atoms with Crippen molar-refractivity contribution in [2.45, 2.75) is 39.8 Å². The molecule has 3 rings (SSSR count). The molecule has 1 aliphatic heterocycles. The number of hydrogen-bond donors (Lipinski definition) is 1. The summed E-state index contributed by atoms with van der Waals surface area (Å²) in [5.41, 5.74) is 2.34. The summed E-state index contributed by atoms with van der Waals surface area (Å²) < 4.78 is 5.24. The molecule has 128 valence electrons. The molecule has 0 spiro atoms. The van der Waals surface area contributed by atoms with Gasteiger partial charge in [-0.05, 0) is 42.5 Å². The number of aryl methyl sites for hydroxylation is 1. The van der Waals surface area contributed by atoms with E-state index in [9.17, 15) is 4.79 Å². The maximum atomic E-state index is 12.7. The Morgan fingerprint density at radius 1 is 1.38 bits per heavy atom. The molecule has 2 aromatic rings. The van der Waals surface area contributed by atoms with Gasteiger partial charge >= 0.3 is 6.03 Å². The van der Waals surface area contributed by atoms with Crippen LogP contribution in [-0.2, 0) is 13.0 Å². The summed E-state index contributed by atoms with van der Waals surface area (Å²) >= 11 is 6.03. The lowest BCUT2D eigenvalue weighted by molar-refractivity contribution is 0.179. The molecule has 0 bridgehead atoms. The first-order chi connectivity index (χ1) is 11.4. The summed E-state index contributed by atoms with van der Waals surface area (Å²) in [4.78, 5) is 18.7. The molecule has 2 amide bonds. The fraction of sp³-hybridized carbons (Fsp3) is 0.471. The second-order valence-corrected chi connectivity index (χ2v) is 6.87. The lowest BCUT2D eigenvalue weighted by atomic mass is 10.00. The minimum absolute atomic E-state index is 0.120. The molecule has 1 aliphatic rings. The molecule has 1 aromatic carbocycles. The number of nitrogens with zero attached hydrogens (tertiary/aromatic N) is 3. The Balaban J connectivity index is 1.71. The van der Waals surface area contributed by atoms with Gasteiger partial charge in [0, 0.05) is 18.1 Å². The quantitative estimate of drug-likeness (QED) is 0.921. The van der Waals surface area contributed by atoms with Gasteiger partial charge in [0.25, 0.3) is 0 Å². The maximum absolute atomic E-state index is 12.7. The minimum atomic E-state index is -0.301. The molecule has 1 atom stereocenters. The first-order valence-corrected chi connectivity index (χ1v) is 8.45. The Morgan fingerprint density at radius 2 is 2.17 bits per heavy atom. The van der Waals surface area contributed by atoms with Gasteiger partial charge < -0.3 is 14.7 Å². The fourth-order valence-electron chi connectivity index (χ4n) is 2.87. The normalized spacial score (nSPS) is 15.3. The standard InChI is InChI=1S/C17H21ClN4O2/c1-10(2)15(16-19-11(3)21-24-16)20-17(23)22-7-6-12-8-14(18)5-4-13(12)9-22/h4-5,8,10,15H,6-7,9H2,1-3H3,(H,20,23)/t15-/m0/s1. The summed E-state index contributed by atoms with van der Waals surface area (Å²) in [6.07, 6.45) is 0.801. The molecule has 24 heavy (non-hydrogen) atoms. The lowest BCUT2D eigenvalue weighted by Crippen LogP contribution is -2.45. The SMILES string of the molecule is Cc1noc([C@@H](NC(=O)N2CCc3cc(Cl)ccc3C2)C(C)C)n1. The number of aromatic nitrogens is 2. The summed E-state index contributed by atoms with van der Waals surface area (Å²) in [7, 11) is 0. The van der Waals surface area contributed by atoms with Crippen molar-refractivity contribution in [2.75, 3.05) is 6.54 Å². The van der Waals surface area contributed by atoms with Crippen LogP contribution in [0.2, 0.25) is 5.02 Å². The van der Waals surface area contributed by atoms with Gasteiger partial charge in [-0.15, -0.1) is 0 Å². The number of urea groups is 1. The molecule has 0 saturated carbocycles. The lowest BCUT2D eigenvalue weighted by Gasteiger charge is -2.31.